The van der Waals surface area contributed by atoms with E-state index in [0.717, 1.165) is 36.8 Å². The van der Waals surface area contributed by atoms with Gasteiger partial charge in [-0.1, -0.05) is 24.6 Å². The Kier molecular flexibility index (Phi) is 9.90. The highest BCUT2D eigenvalue weighted by Gasteiger charge is 2.36. The van der Waals surface area contributed by atoms with Crippen LogP contribution in [0.2, 0.25) is 0 Å². The summed E-state index contributed by atoms with van der Waals surface area (Å²) < 4.78 is 10.4. The first kappa shape index (κ1) is 23.5. The van der Waals surface area contributed by atoms with Crippen molar-refractivity contribution in [3.8, 4) is 5.75 Å². The van der Waals surface area contributed by atoms with E-state index in [1.54, 1.807) is 7.11 Å². The van der Waals surface area contributed by atoms with Crippen LogP contribution in [0.25, 0.3) is 0 Å². The van der Waals surface area contributed by atoms with E-state index in [4.69, 9.17) is 14.5 Å². The quantitative estimate of drug-likeness (QED) is 0.288. The van der Waals surface area contributed by atoms with Crippen LogP contribution in [-0.4, -0.2) is 57.2 Å². The number of likely N-dealkylation sites (tertiary alicyclic amines) is 1. The number of rotatable bonds is 6. The Morgan fingerprint density at radius 1 is 1.33 bits per heavy atom. The molecule has 1 aliphatic rings. The van der Waals surface area contributed by atoms with E-state index in [1.165, 1.54) is 12.7 Å². The van der Waals surface area contributed by atoms with Crippen LogP contribution >= 0.6 is 24.0 Å². The van der Waals surface area contributed by atoms with Gasteiger partial charge in [-0.2, -0.15) is 0 Å². The molecule has 1 aliphatic heterocycles. The summed E-state index contributed by atoms with van der Waals surface area (Å²) in [5, 5.41) is 3.34. The van der Waals surface area contributed by atoms with Gasteiger partial charge in [-0.3, -0.25) is 9.79 Å². The number of hydrogen-bond acceptors (Lipinski definition) is 4. The van der Waals surface area contributed by atoms with E-state index in [9.17, 15) is 4.79 Å². The van der Waals surface area contributed by atoms with Crippen LogP contribution in [0, 0.1) is 18.8 Å². The number of aryl methyl sites for hydroxylation is 1. The lowest BCUT2D eigenvalue weighted by molar-refractivity contribution is -0.145. The summed E-state index contributed by atoms with van der Waals surface area (Å²) in [6, 6.07) is 6.20. The lowest BCUT2D eigenvalue weighted by atomic mass is 9.99. The van der Waals surface area contributed by atoms with E-state index in [1.807, 2.05) is 12.1 Å². The Labute approximate surface area is 179 Å². The summed E-state index contributed by atoms with van der Waals surface area (Å²) in [4.78, 5) is 18.9. The van der Waals surface area contributed by atoms with Crippen molar-refractivity contribution in [2.24, 2.45) is 16.8 Å². The zero-order chi connectivity index (χ0) is 19.1. The highest BCUT2D eigenvalue weighted by Crippen LogP contribution is 2.24. The number of guanidine groups is 1. The summed E-state index contributed by atoms with van der Waals surface area (Å²) in [5.74, 6) is 1.78. The fourth-order valence-corrected chi connectivity index (χ4v) is 3.41. The van der Waals surface area contributed by atoms with Gasteiger partial charge in [-0.15, -0.1) is 24.0 Å². The third-order valence-corrected chi connectivity index (χ3v) is 4.83. The predicted molar refractivity (Wildman–Crippen MR) is 119 cm³/mol. The van der Waals surface area contributed by atoms with Crippen LogP contribution in [0.3, 0.4) is 0 Å². The normalized spacial score (nSPS) is 19.4. The number of carbonyl (C=O) groups excluding carboxylic acids is 1. The molecule has 0 saturated carbocycles. The molecule has 0 amide bonds. The van der Waals surface area contributed by atoms with Crippen molar-refractivity contribution in [1.82, 2.24) is 10.2 Å². The second-order valence-corrected chi connectivity index (χ2v) is 6.81. The first-order valence-corrected chi connectivity index (χ1v) is 9.24. The van der Waals surface area contributed by atoms with Gasteiger partial charge in [0.05, 0.1) is 20.1 Å². The fraction of sp³-hybridized carbons (Fsp3) is 0.600. The third-order valence-electron chi connectivity index (χ3n) is 4.83. The lowest BCUT2D eigenvalue weighted by Gasteiger charge is -2.21. The molecule has 7 heteroatoms. The Bertz CT molecular complexity index is 651. The minimum absolute atomic E-state index is 0. The Balaban J connectivity index is 0.00000364. The van der Waals surface area contributed by atoms with Gasteiger partial charge in [0.2, 0.25) is 0 Å². The van der Waals surface area contributed by atoms with E-state index < -0.39 is 0 Å². The van der Waals surface area contributed by atoms with Crippen molar-refractivity contribution < 1.29 is 14.3 Å². The van der Waals surface area contributed by atoms with E-state index in [0.29, 0.717) is 13.1 Å². The first-order chi connectivity index (χ1) is 12.5. The highest BCUT2D eigenvalue weighted by atomic mass is 127. The van der Waals surface area contributed by atoms with Crippen LogP contribution in [0.4, 0.5) is 0 Å². The van der Waals surface area contributed by atoms with Gasteiger partial charge in [0.1, 0.15) is 5.75 Å². The number of carbonyl (C=O) groups is 1. The molecule has 1 aromatic carbocycles. The van der Waals surface area contributed by atoms with Gasteiger partial charge < -0.3 is 19.7 Å². The van der Waals surface area contributed by atoms with Gasteiger partial charge in [0.15, 0.2) is 5.96 Å². The minimum Gasteiger partial charge on any atom is -0.496 e. The summed E-state index contributed by atoms with van der Waals surface area (Å²) in [6.45, 7) is 9.12. The molecule has 0 aliphatic carbocycles. The molecule has 2 atom stereocenters. The standard InChI is InChI=1S/C20H31N3O3.HI/c1-6-21-20(23-12-15(3)17(13-23)19(24)26-5)22-10-9-16-11-14(2)7-8-18(16)25-4;/h7-8,11,15,17H,6,9-10,12-13H2,1-5H3,(H,21,22);1H. The molecule has 1 heterocycles. The van der Waals surface area contributed by atoms with Crippen LogP contribution in [-0.2, 0) is 16.0 Å². The Morgan fingerprint density at radius 2 is 2.07 bits per heavy atom. The molecule has 0 spiro atoms. The molecule has 1 aromatic rings. The summed E-state index contributed by atoms with van der Waals surface area (Å²) >= 11 is 0. The van der Waals surface area contributed by atoms with Gasteiger partial charge in [-0.25, -0.2) is 0 Å². The van der Waals surface area contributed by atoms with Crippen molar-refractivity contribution in [1.29, 1.82) is 0 Å². The summed E-state index contributed by atoms with van der Waals surface area (Å²) in [6.07, 6.45) is 0.809. The van der Waals surface area contributed by atoms with Gasteiger partial charge in [0, 0.05) is 26.2 Å². The van der Waals surface area contributed by atoms with E-state index >= 15 is 0 Å². The molecule has 6 nitrogen and oxygen atoms in total. The fourth-order valence-electron chi connectivity index (χ4n) is 3.41. The number of nitrogens with zero attached hydrogens (tertiary/aromatic N) is 2. The van der Waals surface area contributed by atoms with E-state index in [-0.39, 0.29) is 41.8 Å². The number of esters is 1. The van der Waals surface area contributed by atoms with Gasteiger partial charge in [0.25, 0.3) is 0 Å². The largest absolute Gasteiger partial charge is 0.496 e. The number of aliphatic imine (C=N–C) groups is 1. The number of benzene rings is 1. The average Bonchev–Trinajstić information content (AvgIpc) is 3.02. The zero-order valence-electron chi connectivity index (χ0n) is 16.9. The SMILES string of the molecule is CCNC(=NCCc1cc(C)ccc1OC)N1CC(C)C(C(=O)OC)C1.I. The second-order valence-electron chi connectivity index (χ2n) is 6.81. The molecule has 1 saturated heterocycles. The second kappa shape index (κ2) is 11.4. The first-order valence-electron chi connectivity index (χ1n) is 9.24. The zero-order valence-corrected chi connectivity index (χ0v) is 19.3. The molecule has 152 valence electrons. The molecule has 2 rings (SSSR count). The Hall–Kier alpha value is -1.51. The van der Waals surface area contributed by atoms with Gasteiger partial charge >= 0.3 is 5.97 Å². The van der Waals surface area contributed by atoms with Crippen molar-refractivity contribution in [2.75, 3.05) is 40.4 Å². The highest BCUT2D eigenvalue weighted by molar-refractivity contribution is 14.0. The molecule has 1 fully saturated rings. The van der Waals surface area contributed by atoms with Crippen LogP contribution < -0.4 is 10.1 Å². The number of ether oxygens (including phenoxy) is 2. The average molecular weight is 489 g/mol. The predicted octanol–water partition coefficient (Wildman–Crippen LogP) is 2.87. The molecule has 0 aromatic heterocycles. The summed E-state index contributed by atoms with van der Waals surface area (Å²) in [5.41, 5.74) is 2.38. The molecule has 2 unspecified atom stereocenters. The van der Waals surface area contributed by atoms with Gasteiger partial charge in [-0.05, 0) is 37.8 Å². The molecular formula is C20H32IN3O3. The summed E-state index contributed by atoms with van der Waals surface area (Å²) in [7, 11) is 3.15. The van der Waals surface area contributed by atoms with Crippen molar-refractivity contribution in [2.45, 2.75) is 27.2 Å². The molecule has 27 heavy (non-hydrogen) atoms. The minimum atomic E-state index is -0.139. The molecule has 0 bridgehead atoms. The smallest absolute Gasteiger partial charge is 0.310 e. The number of hydrogen-bond donors (Lipinski definition) is 1. The van der Waals surface area contributed by atoms with Crippen molar-refractivity contribution in [3.05, 3.63) is 29.3 Å². The monoisotopic (exact) mass is 489 g/mol. The maximum Gasteiger partial charge on any atom is 0.310 e. The Morgan fingerprint density at radius 3 is 2.70 bits per heavy atom. The lowest BCUT2D eigenvalue weighted by Crippen LogP contribution is -2.40. The number of halogens is 1. The van der Waals surface area contributed by atoms with Crippen molar-refractivity contribution in [3.63, 3.8) is 0 Å². The maximum atomic E-state index is 11.9. The van der Waals surface area contributed by atoms with E-state index in [2.05, 4.69) is 37.1 Å². The van der Waals surface area contributed by atoms with Crippen molar-refractivity contribution >= 4 is 35.9 Å². The van der Waals surface area contributed by atoms with Crippen LogP contribution in [0.15, 0.2) is 23.2 Å². The number of methoxy groups -OCH3 is 2. The van der Waals surface area contributed by atoms with Crippen LogP contribution in [0.5, 0.6) is 5.75 Å². The molecule has 0 radical (unpaired) electrons. The van der Waals surface area contributed by atoms with Crippen LogP contribution in [0.1, 0.15) is 25.0 Å². The molecule has 1 N–H and O–H groups in total. The molecular weight excluding hydrogens is 457 g/mol. The third kappa shape index (κ3) is 6.26. The number of nitrogens with one attached hydrogen (secondary N) is 1. The maximum absolute atomic E-state index is 11.9. The topological polar surface area (TPSA) is 63.2 Å².